The lowest BCUT2D eigenvalue weighted by Crippen LogP contribution is -2.46. The molecule has 0 amide bonds. The van der Waals surface area contributed by atoms with Crippen LogP contribution >= 0.6 is 0 Å². The number of oxime groups is 1. The van der Waals surface area contributed by atoms with Crippen LogP contribution in [0.5, 0.6) is 0 Å². The van der Waals surface area contributed by atoms with Crippen LogP contribution in [0.1, 0.15) is 33.6 Å². The van der Waals surface area contributed by atoms with E-state index in [2.05, 4.69) is 5.16 Å². The molecule has 7 heteroatoms. The standard InChI is InChI=1S/C11H23N3O3S/c1-11(2,3)8-18(16,17)14-6-4-5-9(7-14)10(12)13-15/h9,15H,4-8H2,1-3H3,(H2,12,13). The first kappa shape index (κ1) is 15.2. The summed E-state index contributed by atoms with van der Waals surface area (Å²) in [5, 5.41) is 11.6. The zero-order valence-electron chi connectivity index (χ0n) is 11.3. The van der Waals surface area contributed by atoms with Gasteiger partial charge in [-0.1, -0.05) is 25.9 Å². The van der Waals surface area contributed by atoms with Gasteiger partial charge in [0.2, 0.25) is 10.0 Å². The monoisotopic (exact) mass is 277 g/mol. The van der Waals surface area contributed by atoms with Crippen LogP contribution < -0.4 is 5.73 Å². The highest BCUT2D eigenvalue weighted by Gasteiger charge is 2.33. The summed E-state index contributed by atoms with van der Waals surface area (Å²) in [6.45, 7) is 6.53. The molecular weight excluding hydrogens is 254 g/mol. The van der Waals surface area contributed by atoms with Gasteiger partial charge >= 0.3 is 0 Å². The Labute approximate surface area is 109 Å². The lowest BCUT2D eigenvalue weighted by Gasteiger charge is -2.33. The predicted molar refractivity (Wildman–Crippen MR) is 70.9 cm³/mol. The maximum atomic E-state index is 12.2. The Morgan fingerprint density at radius 1 is 1.50 bits per heavy atom. The quantitative estimate of drug-likeness (QED) is 0.345. The molecule has 0 saturated carbocycles. The van der Waals surface area contributed by atoms with Gasteiger partial charge in [0, 0.05) is 19.0 Å². The first-order chi connectivity index (χ1) is 8.15. The van der Waals surface area contributed by atoms with Crippen LogP contribution in [0.25, 0.3) is 0 Å². The number of rotatable bonds is 3. The number of nitrogens with two attached hydrogens (primary N) is 1. The van der Waals surface area contributed by atoms with Crippen molar-refractivity contribution in [2.75, 3.05) is 18.8 Å². The van der Waals surface area contributed by atoms with E-state index >= 15 is 0 Å². The maximum Gasteiger partial charge on any atom is 0.214 e. The Kier molecular flexibility index (Phi) is 4.61. The van der Waals surface area contributed by atoms with Crippen LogP contribution in [0.2, 0.25) is 0 Å². The molecule has 3 N–H and O–H groups in total. The molecule has 106 valence electrons. The fraction of sp³-hybridized carbons (Fsp3) is 0.909. The third-order valence-electron chi connectivity index (χ3n) is 2.93. The molecule has 1 aliphatic rings. The molecule has 1 atom stereocenters. The molecule has 6 nitrogen and oxygen atoms in total. The zero-order chi connectivity index (χ0) is 14.0. The summed E-state index contributed by atoms with van der Waals surface area (Å²) < 4.78 is 25.9. The van der Waals surface area contributed by atoms with Gasteiger partial charge in [0.15, 0.2) is 0 Å². The van der Waals surface area contributed by atoms with Gasteiger partial charge < -0.3 is 10.9 Å². The van der Waals surface area contributed by atoms with E-state index in [0.717, 1.165) is 12.8 Å². The number of amidine groups is 1. The second-order valence-corrected chi connectivity index (χ2v) is 8.01. The highest BCUT2D eigenvalue weighted by atomic mass is 32.2. The minimum absolute atomic E-state index is 0.114. The number of hydrogen-bond donors (Lipinski definition) is 2. The average Bonchev–Trinajstić information content (AvgIpc) is 2.25. The zero-order valence-corrected chi connectivity index (χ0v) is 12.1. The fourth-order valence-electron chi connectivity index (χ4n) is 2.16. The van der Waals surface area contributed by atoms with Crippen molar-refractivity contribution in [3.05, 3.63) is 0 Å². The molecule has 0 aromatic carbocycles. The molecule has 0 aromatic heterocycles. The molecule has 18 heavy (non-hydrogen) atoms. The Morgan fingerprint density at radius 3 is 2.61 bits per heavy atom. The van der Waals surface area contributed by atoms with Crippen LogP contribution in [0.15, 0.2) is 5.16 Å². The predicted octanol–water partition coefficient (Wildman–Crippen LogP) is 0.821. The van der Waals surface area contributed by atoms with Crippen molar-refractivity contribution < 1.29 is 13.6 Å². The number of sulfonamides is 1. The van der Waals surface area contributed by atoms with Crippen molar-refractivity contribution in [3.63, 3.8) is 0 Å². The Hall–Kier alpha value is -0.820. The average molecular weight is 277 g/mol. The lowest BCUT2D eigenvalue weighted by molar-refractivity contribution is 0.284. The van der Waals surface area contributed by atoms with Gasteiger partial charge in [-0.2, -0.15) is 0 Å². The first-order valence-electron chi connectivity index (χ1n) is 6.11. The molecule has 1 fully saturated rings. The lowest BCUT2D eigenvalue weighted by atomic mass is 9.99. The van der Waals surface area contributed by atoms with E-state index in [1.165, 1.54) is 4.31 Å². The van der Waals surface area contributed by atoms with Gasteiger partial charge in [0.25, 0.3) is 0 Å². The van der Waals surface area contributed by atoms with Gasteiger partial charge in [0.1, 0.15) is 5.84 Å². The van der Waals surface area contributed by atoms with E-state index in [0.29, 0.717) is 13.1 Å². The molecular formula is C11H23N3O3S. The summed E-state index contributed by atoms with van der Waals surface area (Å²) in [6.07, 6.45) is 1.50. The SMILES string of the molecule is CC(C)(C)CS(=O)(=O)N1CCCC(C(N)=NO)C1. The van der Waals surface area contributed by atoms with E-state index in [1.807, 2.05) is 20.8 Å². The van der Waals surface area contributed by atoms with Gasteiger partial charge in [-0.05, 0) is 18.3 Å². The molecule has 1 heterocycles. The van der Waals surface area contributed by atoms with E-state index in [-0.39, 0.29) is 22.9 Å². The van der Waals surface area contributed by atoms with Crippen molar-refractivity contribution >= 4 is 15.9 Å². The van der Waals surface area contributed by atoms with Crippen LogP contribution in [-0.2, 0) is 10.0 Å². The highest BCUT2D eigenvalue weighted by Crippen LogP contribution is 2.24. The van der Waals surface area contributed by atoms with Gasteiger partial charge in [0.05, 0.1) is 5.75 Å². The molecule has 1 unspecified atom stereocenters. The van der Waals surface area contributed by atoms with Crippen molar-refractivity contribution in [3.8, 4) is 0 Å². The summed E-state index contributed by atoms with van der Waals surface area (Å²) in [7, 11) is -3.27. The highest BCUT2D eigenvalue weighted by molar-refractivity contribution is 7.89. The summed E-state index contributed by atoms with van der Waals surface area (Å²) in [5.74, 6) is 0.0484. The number of piperidine rings is 1. The fourth-order valence-corrected chi connectivity index (χ4v) is 4.25. The van der Waals surface area contributed by atoms with Crippen LogP contribution in [0.3, 0.4) is 0 Å². The van der Waals surface area contributed by atoms with Gasteiger partial charge in [-0.3, -0.25) is 0 Å². The Morgan fingerprint density at radius 2 is 2.11 bits per heavy atom. The number of hydrogen-bond acceptors (Lipinski definition) is 4. The largest absolute Gasteiger partial charge is 0.409 e. The van der Waals surface area contributed by atoms with E-state index in [9.17, 15) is 8.42 Å². The normalized spacial score (nSPS) is 24.2. The molecule has 0 spiro atoms. The van der Waals surface area contributed by atoms with Gasteiger partial charge in [-0.25, -0.2) is 12.7 Å². The molecule has 1 aliphatic heterocycles. The topological polar surface area (TPSA) is 96.0 Å². The van der Waals surface area contributed by atoms with Crippen molar-refractivity contribution in [2.24, 2.45) is 22.2 Å². The third-order valence-corrected chi connectivity index (χ3v) is 5.28. The molecule has 0 bridgehead atoms. The molecule has 0 aliphatic carbocycles. The van der Waals surface area contributed by atoms with Crippen molar-refractivity contribution in [1.29, 1.82) is 0 Å². The van der Waals surface area contributed by atoms with Crippen molar-refractivity contribution in [1.82, 2.24) is 4.31 Å². The van der Waals surface area contributed by atoms with Crippen LogP contribution in [0, 0.1) is 11.3 Å². The minimum atomic E-state index is -3.27. The first-order valence-corrected chi connectivity index (χ1v) is 7.72. The minimum Gasteiger partial charge on any atom is -0.409 e. The summed E-state index contributed by atoms with van der Waals surface area (Å²) >= 11 is 0. The number of nitrogens with zero attached hydrogens (tertiary/aromatic N) is 2. The van der Waals surface area contributed by atoms with E-state index in [1.54, 1.807) is 0 Å². The summed E-state index contributed by atoms with van der Waals surface area (Å²) in [6, 6.07) is 0. The maximum absolute atomic E-state index is 12.2. The summed E-state index contributed by atoms with van der Waals surface area (Å²) in [5.41, 5.74) is 5.28. The summed E-state index contributed by atoms with van der Waals surface area (Å²) in [4.78, 5) is 0. The molecule has 1 rings (SSSR count). The van der Waals surface area contributed by atoms with Crippen LogP contribution in [-0.4, -0.2) is 42.6 Å². The van der Waals surface area contributed by atoms with E-state index in [4.69, 9.17) is 10.9 Å². The smallest absolute Gasteiger partial charge is 0.214 e. The van der Waals surface area contributed by atoms with Gasteiger partial charge in [-0.15, -0.1) is 0 Å². The molecule has 0 aromatic rings. The molecule has 0 radical (unpaired) electrons. The second-order valence-electron chi connectivity index (χ2n) is 6.04. The van der Waals surface area contributed by atoms with E-state index < -0.39 is 10.0 Å². The Balaban J connectivity index is 2.78. The second kappa shape index (κ2) is 5.44. The molecule has 1 saturated heterocycles. The van der Waals surface area contributed by atoms with Crippen molar-refractivity contribution in [2.45, 2.75) is 33.6 Å². The third kappa shape index (κ3) is 4.13. The van der Waals surface area contributed by atoms with Crippen LogP contribution in [0.4, 0.5) is 0 Å². The Bertz CT molecular complexity index is 412.